The lowest BCUT2D eigenvalue weighted by atomic mass is 10.1. The molecule has 0 saturated carbocycles. The van der Waals surface area contributed by atoms with Crippen molar-refractivity contribution < 1.29 is 4.79 Å². The fourth-order valence-corrected chi connectivity index (χ4v) is 2.33. The van der Waals surface area contributed by atoms with Crippen molar-refractivity contribution in [2.24, 2.45) is 0 Å². The Kier molecular flexibility index (Phi) is 5.19. The van der Waals surface area contributed by atoms with Crippen LogP contribution in [0.2, 0.25) is 5.02 Å². The fraction of sp³-hybridized carbons (Fsp3) is 0.133. The number of carbonyl (C=O) groups is 1. The molecule has 0 unspecified atom stereocenters. The van der Waals surface area contributed by atoms with Gasteiger partial charge in [-0.2, -0.15) is 0 Å². The van der Waals surface area contributed by atoms with Gasteiger partial charge in [0.15, 0.2) is 0 Å². The zero-order valence-corrected chi connectivity index (χ0v) is 11.9. The number of hydrogen-bond donors (Lipinski definition) is 1. The summed E-state index contributed by atoms with van der Waals surface area (Å²) in [4.78, 5) is 12.6. The van der Waals surface area contributed by atoms with E-state index < -0.39 is 0 Å². The van der Waals surface area contributed by atoms with Crippen LogP contribution in [0.4, 0.5) is 0 Å². The normalized spacial score (nSPS) is 10.8. The summed E-state index contributed by atoms with van der Waals surface area (Å²) in [6.45, 7) is 0.620. The minimum Gasteiger partial charge on any atom is -0.352 e. The van der Waals surface area contributed by atoms with Gasteiger partial charge in [0, 0.05) is 22.5 Å². The van der Waals surface area contributed by atoms with Gasteiger partial charge in [-0.25, -0.2) is 0 Å². The third-order valence-corrected chi connectivity index (χ3v) is 3.66. The molecule has 0 aliphatic heterocycles. The second kappa shape index (κ2) is 7.12. The Morgan fingerprint density at radius 2 is 2.05 bits per heavy atom. The van der Waals surface area contributed by atoms with E-state index in [0.717, 1.165) is 21.9 Å². The molecule has 1 heterocycles. The van der Waals surface area contributed by atoms with Crippen LogP contribution in [0.3, 0.4) is 0 Å². The first-order chi connectivity index (χ1) is 9.24. The summed E-state index contributed by atoms with van der Waals surface area (Å²) in [5.41, 5.74) is 1.16. The Hall–Kier alpha value is -1.58. The lowest BCUT2D eigenvalue weighted by Crippen LogP contribution is -2.23. The third-order valence-electron chi connectivity index (χ3n) is 2.57. The maximum atomic E-state index is 11.6. The molecule has 1 aromatic carbocycles. The molecule has 0 bridgehead atoms. The minimum absolute atomic E-state index is 0.0673. The van der Waals surface area contributed by atoms with Gasteiger partial charge >= 0.3 is 0 Å². The topological polar surface area (TPSA) is 29.1 Å². The molecular formula is C15H14ClNOS. The summed E-state index contributed by atoms with van der Waals surface area (Å²) < 4.78 is 0. The van der Waals surface area contributed by atoms with Crippen molar-refractivity contribution in [3.63, 3.8) is 0 Å². The molecule has 0 atom stereocenters. The van der Waals surface area contributed by atoms with Gasteiger partial charge in [-0.05, 0) is 41.6 Å². The second-order valence-electron chi connectivity index (χ2n) is 4.02. The highest BCUT2D eigenvalue weighted by atomic mass is 35.5. The SMILES string of the molecule is O=C(C=Cc1cccs1)NCCc1ccc(Cl)cc1. The van der Waals surface area contributed by atoms with Crippen LogP contribution in [-0.2, 0) is 11.2 Å². The minimum atomic E-state index is -0.0673. The van der Waals surface area contributed by atoms with Crippen molar-refractivity contribution >= 4 is 34.9 Å². The summed E-state index contributed by atoms with van der Waals surface area (Å²) in [5.74, 6) is -0.0673. The van der Waals surface area contributed by atoms with Gasteiger partial charge in [0.05, 0.1) is 0 Å². The molecule has 0 fully saturated rings. The van der Waals surface area contributed by atoms with Gasteiger partial charge in [-0.15, -0.1) is 11.3 Å². The molecule has 98 valence electrons. The molecule has 0 spiro atoms. The molecule has 1 amide bonds. The Morgan fingerprint density at radius 3 is 2.74 bits per heavy atom. The molecule has 1 aromatic heterocycles. The Labute approximate surface area is 121 Å². The van der Waals surface area contributed by atoms with Crippen molar-refractivity contribution in [3.05, 3.63) is 63.3 Å². The number of hydrogen-bond acceptors (Lipinski definition) is 2. The lowest BCUT2D eigenvalue weighted by Gasteiger charge is -2.02. The van der Waals surface area contributed by atoms with Crippen LogP contribution in [0.5, 0.6) is 0 Å². The Balaban J connectivity index is 1.73. The standard InChI is InChI=1S/C15H14ClNOS/c16-13-5-3-12(4-6-13)9-10-17-15(18)8-7-14-2-1-11-19-14/h1-8,11H,9-10H2,(H,17,18). The summed E-state index contributed by atoms with van der Waals surface area (Å²) >= 11 is 7.42. The lowest BCUT2D eigenvalue weighted by molar-refractivity contribution is -0.116. The van der Waals surface area contributed by atoms with E-state index in [1.165, 1.54) is 0 Å². The van der Waals surface area contributed by atoms with Crippen molar-refractivity contribution in [2.75, 3.05) is 6.54 Å². The number of halogens is 1. The number of benzene rings is 1. The molecular weight excluding hydrogens is 278 g/mol. The number of nitrogens with one attached hydrogen (secondary N) is 1. The number of thiophene rings is 1. The van der Waals surface area contributed by atoms with Crippen LogP contribution in [0.1, 0.15) is 10.4 Å². The van der Waals surface area contributed by atoms with Crippen LogP contribution in [0.15, 0.2) is 47.9 Å². The summed E-state index contributed by atoms with van der Waals surface area (Å²) in [6, 6.07) is 11.6. The molecule has 1 N–H and O–H groups in total. The molecule has 4 heteroatoms. The summed E-state index contributed by atoms with van der Waals surface area (Å²) in [6.07, 6.45) is 4.19. The van der Waals surface area contributed by atoms with E-state index in [-0.39, 0.29) is 5.91 Å². The van der Waals surface area contributed by atoms with Crippen LogP contribution < -0.4 is 5.32 Å². The smallest absolute Gasteiger partial charge is 0.244 e. The fourth-order valence-electron chi connectivity index (χ4n) is 1.58. The van der Waals surface area contributed by atoms with E-state index in [0.29, 0.717) is 6.54 Å². The molecule has 19 heavy (non-hydrogen) atoms. The van der Waals surface area contributed by atoms with E-state index in [9.17, 15) is 4.79 Å². The van der Waals surface area contributed by atoms with E-state index in [2.05, 4.69) is 5.32 Å². The van der Waals surface area contributed by atoms with E-state index in [4.69, 9.17) is 11.6 Å². The maximum Gasteiger partial charge on any atom is 0.244 e. The molecule has 0 radical (unpaired) electrons. The predicted octanol–water partition coefficient (Wildman–Crippen LogP) is 3.77. The number of rotatable bonds is 5. The average Bonchev–Trinajstić information content (AvgIpc) is 2.92. The van der Waals surface area contributed by atoms with Crippen LogP contribution in [-0.4, -0.2) is 12.5 Å². The zero-order valence-electron chi connectivity index (χ0n) is 10.3. The average molecular weight is 292 g/mol. The Bertz CT molecular complexity index is 546. The van der Waals surface area contributed by atoms with Gasteiger partial charge in [0.25, 0.3) is 0 Å². The quantitative estimate of drug-likeness (QED) is 0.835. The summed E-state index contributed by atoms with van der Waals surface area (Å²) in [7, 11) is 0. The van der Waals surface area contributed by atoms with Gasteiger partial charge < -0.3 is 5.32 Å². The maximum absolute atomic E-state index is 11.6. The first-order valence-electron chi connectivity index (χ1n) is 5.98. The molecule has 0 saturated heterocycles. The van der Waals surface area contributed by atoms with Crippen molar-refractivity contribution in [3.8, 4) is 0 Å². The molecule has 2 rings (SSSR count). The second-order valence-corrected chi connectivity index (χ2v) is 5.43. The van der Waals surface area contributed by atoms with Gasteiger partial charge in [-0.1, -0.05) is 29.8 Å². The van der Waals surface area contributed by atoms with E-state index >= 15 is 0 Å². The highest BCUT2D eigenvalue weighted by Gasteiger charge is 1.97. The molecule has 2 nitrogen and oxygen atoms in total. The molecule has 0 aliphatic rings. The van der Waals surface area contributed by atoms with Crippen molar-refractivity contribution in [2.45, 2.75) is 6.42 Å². The van der Waals surface area contributed by atoms with Gasteiger partial charge in [0.2, 0.25) is 5.91 Å². The van der Waals surface area contributed by atoms with Crippen LogP contribution >= 0.6 is 22.9 Å². The van der Waals surface area contributed by atoms with Crippen LogP contribution in [0, 0.1) is 0 Å². The van der Waals surface area contributed by atoms with E-state index in [1.54, 1.807) is 17.4 Å². The predicted molar refractivity (Wildman–Crippen MR) is 81.5 cm³/mol. The third kappa shape index (κ3) is 4.89. The van der Waals surface area contributed by atoms with Gasteiger partial charge in [0.1, 0.15) is 0 Å². The summed E-state index contributed by atoms with van der Waals surface area (Å²) in [5, 5.41) is 5.57. The highest BCUT2D eigenvalue weighted by molar-refractivity contribution is 7.10. The number of amides is 1. The van der Waals surface area contributed by atoms with Crippen molar-refractivity contribution in [1.29, 1.82) is 0 Å². The zero-order chi connectivity index (χ0) is 13.5. The molecule has 0 aliphatic carbocycles. The van der Waals surface area contributed by atoms with Crippen LogP contribution in [0.25, 0.3) is 6.08 Å². The largest absolute Gasteiger partial charge is 0.352 e. The number of carbonyl (C=O) groups excluding carboxylic acids is 1. The Morgan fingerprint density at radius 1 is 1.26 bits per heavy atom. The first-order valence-corrected chi connectivity index (χ1v) is 7.24. The van der Waals surface area contributed by atoms with Gasteiger partial charge in [-0.3, -0.25) is 4.79 Å². The molecule has 2 aromatic rings. The van der Waals surface area contributed by atoms with Crippen molar-refractivity contribution in [1.82, 2.24) is 5.32 Å². The van der Waals surface area contributed by atoms with E-state index in [1.807, 2.05) is 47.9 Å². The monoisotopic (exact) mass is 291 g/mol. The highest BCUT2D eigenvalue weighted by Crippen LogP contribution is 2.10. The first kappa shape index (κ1) is 13.8.